The molecule has 1 amide bonds. The summed E-state index contributed by atoms with van der Waals surface area (Å²) in [6, 6.07) is 9.08. The van der Waals surface area contributed by atoms with E-state index in [1.807, 2.05) is 0 Å². The van der Waals surface area contributed by atoms with E-state index in [0.29, 0.717) is 11.1 Å². The van der Waals surface area contributed by atoms with E-state index >= 15 is 0 Å². The van der Waals surface area contributed by atoms with Gasteiger partial charge in [0, 0.05) is 6.42 Å². The Morgan fingerprint density at radius 1 is 1.04 bits per heavy atom. The lowest BCUT2D eigenvalue weighted by atomic mass is 10.00. The van der Waals surface area contributed by atoms with E-state index in [1.54, 1.807) is 45.0 Å². The number of hydrogen-bond donors (Lipinski definition) is 1. The van der Waals surface area contributed by atoms with Crippen LogP contribution in [0.2, 0.25) is 0 Å². The smallest absolute Gasteiger partial charge is 0.408 e. The van der Waals surface area contributed by atoms with Gasteiger partial charge in [0.05, 0.1) is 12.7 Å². The van der Waals surface area contributed by atoms with Crippen LogP contribution in [-0.2, 0) is 20.7 Å². The molecule has 0 unspecified atom stereocenters. The number of esters is 1. The highest BCUT2D eigenvalue weighted by atomic mass is 19.1. The molecule has 0 aromatic heterocycles. The van der Waals surface area contributed by atoms with E-state index in [0.717, 1.165) is 0 Å². The highest BCUT2D eigenvalue weighted by Gasteiger charge is 2.25. The van der Waals surface area contributed by atoms with Crippen molar-refractivity contribution in [3.63, 3.8) is 0 Å². The standard InChI is InChI=1S/C21H23F2NO4/c1-21(2,3)28-20(26)24-17(19(25)27-4)12-13-8-10-14(11-9-13)18-15(22)6-5-7-16(18)23/h5-11,17H,12H2,1-4H3,(H,24,26)/t17-/m0/s1. The highest BCUT2D eigenvalue weighted by Crippen LogP contribution is 2.26. The molecule has 0 aliphatic carbocycles. The Kier molecular flexibility index (Phi) is 6.72. The van der Waals surface area contributed by atoms with E-state index in [2.05, 4.69) is 5.32 Å². The normalized spacial score (nSPS) is 12.2. The number of carbonyl (C=O) groups is 2. The van der Waals surface area contributed by atoms with Gasteiger partial charge in [-0.05, 0) is 44.0 Å². The zero-order valence-corrected chi connectivity index (χ0v) is 16.2. The monoisotopic (exact) mass is 391 g/mol. The minimum atomic E-state index is -0.962. The number of benzene rings is 2. The van der Waals surface area contributed by atoms with Gasteiger partial charge in [-0.2, -0.15) is 0 Å². The van der Waals surface area contributed by atoms with Crippen LogP contribution in [0.5, 0.6) is 0 Å². The molecule has 5 nitrogen and oxygen atoms in total. The third-order valence-electron chi connectivity index (χ3n) is 3.82. The molecular formula is C21H23F2NO4. The zero-order chi connectivity index (χ0) is 20.9. The second-order valence-corrected chi connectivity index (χ2v) is 7.22. The maximum Gasteiger partial charge on any atom is 0.408 e. The van der Waals surface area contributed by atoms with Crippen LogP contribution in [-0.4, -0.2) is 30.8 Å². The summed E-state index contributed by atoms with van der Waals surface area (Å²) in [7, 11) is 1.22. The van der Waals surface area contributed by atoms with E-state index in [4.69, 9.17) is 9.47 Å². The van der Waals surface area contributed by atoms with Crippen LogP contribution in [0.1, 0.15) is 26.3 Å². The molecule has 0 saturated carbocycles. The van der Waals surface area contributed by atoms with Gasteiger partial charge in [-0.25, -0.2) is 18.4 Å². The van der Waals surface area contributed by atoms with Crippen molar-refractivity contribution in [1.29, 1.82) is 0 Å². The molecular weight excluding hydrogens is 368 g/mol. The Hall–Kier alpha value is -2.96. The van der Waals surface area contributed by atoms with Crippen molar-refractivity contribution in [3.8, 4) is 11.1 Å². The third kappa shape index (κ3) is 5.77. The predicted octanol–water partition coefficient (Wildman–Crippen LogP) is 4.24. The van der Waals surface area contributed by atoms with Crippen LogP contribution in [0.4, 0.5) is 13.6 Å². The lowest BCUT2D eigenvalue weighted by Crippen LogP contribution is -2.45. The van der Waals surface area contributed by atoms with Crippen molar-refractivity contribution in [1.82, 2.24) is 5.32 Å². The Balaban J connectivity index is 2.16. The number of rotatable bonds is 5. The van der Waals surface area contributed by atoms with Crippen molar-refractivity contribution in [2.24, 2.45) is 0 Å². The van der Waals surface area contributed by atoms with Gasteiger partial charge < -0.3 is 14.8 Å². The average Bonchev–Trinajstić information content (AvgIpc) is 2.60. The molecule has 2 aromatic carbocycles. The first-order chi connectivity index (χ1) is 13.1. The zero-order valence-electron chi connectivity index (χ0n) is 16.2. The fourth-order valence-electron chi connectivity index (χ4n) is 2.60. The molecule has 0 heterocycles. The third-order valence-corrected chi connectivity index (χ3v) is 3.82. The Morgan fingerprint density at radius 2 is 1.61 bits per heavy atom. The van der Waals surface area contributed by atoms with E-state index in [9.17, 15) is 18.4 Å². The highest BCUT2D eigenvalue weighted by molar-refractivity contribution is 5.81. The second kappa shape index (κ2) is 8.82. The minimum absolute atomic E-state index is 0.120. The summed E-state index contributed by atoms with van der Waals surface area (Å²) >= 11 is 0. The van der Waals surface area contributed by atoms with Gasteiger partial charge in [0.1, 0.15) is 23.3 Å². The van der Waals surface area contributed by atoms with Crippen LogP contribution >= 0.6 is 0 Å². The molecule has 2 aromatic rings. The fraction of sp³-hybridized carbons (Fsp3) is 0.333. The Bertz CT molecular complexity index is 824. The van der Waals surface area contributed by atoms with Gasteiger partial charge in [-0.1, -0.05) is 30.3 Å². The lowest BCUT2D eigenvalue weighted by molar-refractivity contribution is -0.143. The number of ether oxygens (including phenoxy) is 2. The maximum absolute atomic E-state index is 13.9. The van der Waals surface area contributed by atoms with Gasteiger partial charge in [0.25, 0.3) is 0 Å². The van der Waals surface area contributed by atoms with Gasteiger partial charge in [-0.15, -0.1) is 0 Å². The summed E-state index contributed by atoms with van der Waals surface area (Å²) in [6.07, 6.45) is -0.612. The Labute approximate surface area is 162 Å². The number of nitrogens with one attached hydrogen (secondary N) is 1. The van der Waals surface area contributed by atoms with Gasteiger partial charge in [0.15, 0.2) is 0 Å². The van der Waals surface area contributed by atoms with Gasteiger partial charge >= 0.3 is 12.1 Å². The average molecular weight is 391 g/mol. The summed E-state index contributed by atoms with van der Waals surface area (Å²) in [5.74, 6) is -1.95. The maximum atomic E-state index is 13.9. The first-order valence-corrected chi connectivity index (χ1v) is 8.71. The van der Waals surface area contributed by atoms with Crippen molar-refractivity contribution < 1.29 is 27.8 Å². The molecule has 0 radical (unpaired) electrons. The Morgan fingerprint density at radius 3 is 2.11 bits per heavy atom. The number of carbonyl (C=O) groups excluding carboxylic acids is 2. The van der Waals surface area contributed by atoms with E-state index in [1.165, 1.54) is 25.3 Å². The molecule has 0 fully saturated rings. The largest absolute Gasteiger partial charge is 0.467 e. The molecule has 1 N–H and O–H groups in total. The summed E-state index contributed by atoms with van der Waals surface area (Å²) in [4.78, 5) is 24.0. The molecule has 150 valence electrons. The molecule has 7 heteroatoms. The quantitative estimate of drug-likeness (QED) is 0.775. The van der Waals surface area contributed by atoms with Crippen molar-refractivity contribution in [2.75, 3.05) is 7.11 Å². The fourth-order valence-corrected chi connectivity index (χ4v) is 2.60. The summed E-state index contributed by atoms with van der Waals surface area (Å²) < 4.78 is 37.7. The SMILES string of the molecule is COC(=O)[C@H](Cc1ccc(-c2c(F)cccc2F)cc1)NC(=O)OC(C)(C)C. The number of methoxy groups -OCH3 is 1. The number of hydrogen-bond acceptors (Lipinski definition) is 4. The van der Waals surface area contributed by atoms with E-state index < -0.39 is 35.3 Å². The summed E-state index contributed by atoms with van der Waals surface area (Å²) in [5, 5.41) is 2.48. The second-order valence-electron chi connectivity index (χ2n) is 7.22. The summed E-state index contributed by atoms with van der Waals surface area (Å²) in [6.45, 7) is 5.13. The molecule has 28 heavy (non-hydrogen) atoms. The van der Waals surface area contributed by atoms with Crippen LogP contribution in [0.25, 0.3) is 11.1 Å². The summed E-state index contributed by atoms with van der Waals surface area (Å²) in [5.41, 5.74) is 0.211. The lowest BCUT2D eigenvalue weighted by Gasteiger charge is -2.22. The molecule has 1 atom stereocenters. The van der Waals surface area contributed by atoms with Crippen molar-refractivity contribution in [2.45, 2.75) is 38.8 Å². The molecule has 0 aliphatic heterocycles. The molecule has 0 saturated heterocycles. The van der Waals surface area contributed by atoms with Crippen LogP contribution in [0.15, 0.2) is 42.5 Å². The molecule has 0 bridgehead atoms. The van der Waals surface area contributed by atoms with Crippen molar-refractivity contribution >= 4 is 12.1 Å². The predicted molar refractivity (Wildman–Crippen MR) is 101 cm³/mol. The van der Waals surface area contributed by atoms with Crippen molar-refractivity contribution in [3.05, 3.63) is 59.7 Å². The van der Waals surface area contributed by atoms with Gasteiger partial charge in [-0.3, -0.25) is 0 Å². The number of halogens is 2. The molecule has 2 rings (SSSR count). The van der Waals surface area contributed by atoms with Crippen LogP contribution in [0.3, 0.4) is 0 Å². The number of alkyl carbamates (subject to hydrolysis) is 1. The molecule has 0 spiro atoms. The minimum Gasteiger partial charge on any atom is -0.467 e. The van der Waals surface area contributed by atoms with Gasteiger partial charge in [0.2, 0.25) is 0 Å². The van der Waals surface area contributed by atoms with E-state index in [-0.39, 0.29) is 12.0 Å². The number of amides is 1. The topological polar surface area (TPSA) is 64.6 Å². The van der Waals surface area contributed by atoms with Crippen LogP contribution in [0, 0.1) is 11.6 Å². The first-order valence-electron chi connectivity index (χ1n) is 8.71. The molecule has 0 aliphatic rings. The first kappa shape index (κ1) is 21.3. The van der Waals surface area contributed by atoms with Crippen LogP contribution < -0.4 is 5.32 Å².